The monoisotopic (exact) mass is 258 g/mol. The lowest BCUT2D eigenvalue weighted by Crippen LogP contribution is -2.16. The van der Waals surface area contributed by atoms with Gasteiger partial charge in [-0.05, 0) is 25.1 Å². The van der Waals surface area contributed by atoms with Crippen LogP contribution in [0.25, 0.3) is 21.9 Å². The van der Waals surface area contributed by atoms with Crippen molar-refractivity contribution < 1.29 is 10.2 Å². The van der Waals surface area contributed by atoms with Gasteiger partial charge in [-0.2, -0.15) is 0 Å². The van der Waals surface area contributed by atoms with E-state index in [9.17, 15) is 10.2 Å². The molecule has 0 aliphatic carbocycles. The summed E-state index contributed by atoms with van der Waals surface area (Å²) in [5, 5.41) is 23.7. The Morgan fingerprint density at radius 2 is 2.21 bits per heavy atom. The van der Waals surface area contributed by atoms with Crippen LogP contribution in [0.15, 0.2) is 24.5 Å². The first-order valence-electron chi connectivity index (χ1n) is 6.02. The lowest BCUT2D eigenvalue weighted by Gasteiger charge is -2.08. The number of aromatic amines is 1. The Morgan fingerprint density at radius 3 is 3.00 bits per heavy atom. The van der Waals surface area contributed by atoms with Gasteiger partial charge in [-0.3, -0.25) is 0 Å². The number of phenols is 1. The molecule has 3 aromatic rings. The predicted molar refractivity (Wildman–Crippen MR) is 73.2 cm³/mol. The summed E-state index contributed by atoms with van der Waals surface area (Å²) in [6, 6.07) is 5.09. The largest absolute Gasteiger partial charge is 0.508 e. The average Bonchev–Trinajstić information content (AvgIpc) is 2.74. The molecule has 1 atom stereocenters. The second kappa shape index (κ2) is 4.40. The molecule has 0 fully saturated rings. The quantitative estimate of drug-likeness (QED) is 0.572. The number of anilines is 1. The molecule has 4 N–H and O–H groups in total. The van der Waals surface area contributed by atoms with Crippen molar-refractivity contribution in [3.05, 3.63) is 24.5 Å². The fraction of sp³-hybridized carbons (Fsp3) is 0.231. The van der Waals surface area contributed by atoms with Gasteiger partial charge in [0, 0.05) is 17.4 Å². The van der Waals surface area contributed by atoms with Crippen molar-refractivity contribution in [2.75, 3.05) is 11.9 Å². The van der Waals surface area contributed by atoms with Crippen molar-refractivity contribution in [1.82, 2.24) is 15.0 Å². The average molecular weight is 258 g/mol. The van der Waals surface area contributed by atoms with Crippen LogP contribution in [0, 0.1) is 0 Å². The molecule has 98 valence electrons. The third-order valence-corrected chi connectivity index (χ3v) is 2.94. The number of aliphatic hydroxyl groups excluding tert-OH is 1. The highest BCUT2D eigenvalue weighted by atomic mass is 16.3. The number of phenolic OH excluding ortho intramolecular Hbond substituents is 1. The molecule has 0 saturated heterocycles. The Labute approximate surface area is 109 Å². The minimum Gasteiger partial charge on any atom is -0.508 e. The van der Waals surface area contributed by atoms with Gasteiger partial charge in [0.05, 0.1) is 11.5 Å². The van der Waals surface area contributed by atoms with Gasteiger partial charge < -0.3 is 20.5 Å². The zero-order valence-electron chi connectivity index (χ0n) is 10.4. The van der Waals surface area contributed by atoms with Crippen LogP contribution < -0.4 is 5.32 Å². The fourth-order valence-corrected chi connectivity index (χ4v) is 2.09. The number of aliphatic hydroxyl groups is 1. The molecule has 0 bridgehead atoms. The van der Waals surface area contributed by atoms with Crippen LogP contribution in [0.3, 0.4) is 0 Å². The Balaban J connectivity index is 2.21. The molecule has 3 rings (SSSR count). The second-order valence-corrected chi connectivity index (χ2v) is 4.53. The van der Waals surface area contributed by atoms with Gasteiger partial charge in [0.1, 0.15) is 23.5 Å². The summed E-state index contributed by atoms with van der Waals surface area (Å²) in [7, 11) is 0. The predicted octanol–water partition coefficient (Wildman–Crippen LogP) is 1.61. The number of hydrogen-bond acceptors (Lipinski definition) is 5. The third kappa shape index (κ3) is 2.06. The summed E-state index contributed by atoms with van der Waals surface area (Å²) in [5.41, 5.74) is 1.58. The Hall–Kier alpha value is -2.34. The first-order chi connectivity index (χ1) is 9.15. The normalized spacial score (nSPS) is 12.9. The van der Waals surface area contributed by atoms with E-state index >= 15 is 0 Å². The number of hydrogen-bond donors (Lipinski definition) is 4. The fourth-order valence-electron chi connectivity index (χ4n) is 2.09. The van der Waals surface area contributed by atoms with Gasteiger partial charge in [-0.15, -0.1) is 0 Å². The second-order valence-electron chi connectivity index (χ2n) is 4.53. The minimum atomic E-state index is -0.469. The molecule has 0 amide bonds. The van der Waals surface area contributed by atoms with E-state index in [1.165, 1.54) is 6.33 Å². The van der Waals surface area contributed by atoms with Crippen LogP contribution in [0.1, 0.15) is 6.92 Å². The van der Waals surface area contributed by atoms with Crippen LogP contribution in [0.5, 0.6) is 5.75 Å². The van der Waals surface area contributed by atoms with Gasteiger partial charge in [-0.1, -0.05) is 0 Å². The summed E-state index contributed by atoms with van der Waals surface area (Å²) >= 11 is 0. The lowest BCUT2D eigenvalue weighted by atomic mass is 10.2. The van der Waals surface area contributed by atoms with Crippen LogP contribution in [-0.2, 0) is 0 Å². The van der Waals surface area contributed by atoms with E-state index in [0.717, 1.165) is 16.3 Å². The van der Waals surface area contributed by atoms with E-state index in [4.69, 9.17) is 0 Å². The van der Waals surface area contributed by atoms with Crippen molar-refractivity contribution in [3.8, 4) is 5.75 Å². The maximum Gasteiger partial charge on any atom is 0.143 e. The Morgan fingerprint density at radius 1 is 1.37 bits per heavy atom. The standard InChI is InChI=1S/C13H14N4O2/c1-7(18)5-14-12-11-9-4-8(19)2-3-10(9)17-13(11)16-6-15-12/h2-4,6-7,18-19H,5H2,1H3,(H2,14,15,16,17). The van der Waals surface area contributed by atoms with Crippen LogP contribution >= 0.6 is 0 Å². The summed E-state index contributed by atoms with van der Waals surface area (Å²) in [5.74, 6) is 0.835. The zero-order valence-corrected chi connectivity index (χ0v) is 10.4. The van der Waals surface area contributed by atoms with Crippen molar-refractivity contribution >= 4 is 27.8 Å². The highest BCUT2D eigenvalue weighted by molar-refractivity contribution is 6.11. The molecule has 0 radical (unpaired) electrons. The molecule has 6 nitrogen and oxygen atoms in total. The maximum absolute atomic E-state index is 9.60. The molecule has 0 saturated carbocycles. The molecular weight excluding hydrogens is 244 g/mol. The molecule has 19 heavy (non-hydrogen) atoms. The summed E-state index contributed by atoms with van der Waals surface area (Å²) in [4.78, 5) is 11.5. The highest BCUT2D eigenvalue weighted by Crippen LogP contribution is 2.30. The van der Waals surface area contributed by atoms with Gasteiger partial charge in [0.25, 0.3) is 0 Å². The van der Waals surface area contributed by atoms with Gasteiger partial charge >= 0.3 is 0 Å². The first-order valence-corrected chi connectivity index (χ1v) is 6.02. The number of benzene rings is 1. The molecule has 2 aromatic heterocycles. The minimum absolute atomic E-state index is 0.193. The van der Waals surface area contributed by atoms with Gasteiger partial charge in [0.15, 0.2) is 0 Å². The molecular formula is C13H14N4O2. The van der Waals surface area contributed by atoms with Gasteiger partial charge in [-0.25, -0.2) is 9.97 Å². The number of rotatable bonds is 3. The lowest BCUT2D eigenvalue weighted by molar-refractivity contribution is 0.208. The Bertz CT molecular complexity index is 736. The number of nitrogens with one attached hydrogen (secondary N) is 2. The molecule has 1 unspecified atom stereocenters. The number of aromatic nitrogens is 3. The summed E-state index contributed by atoms with van der Waals surface area (Å²) in [6.07, 6.45) is 0.991. The smallest absolute Gasteiger partial charge is 0.143 e. The van der Waals surface area contributed by atoms with Crippen molar-refractivity contribution in [2.45, 2.75) is 13.0 Å². The van der Waals surface area contributed by atoms with E-state index in [0.29, 0.717) is 18.0 Å². The molecule has 0 aliphatic rings. The van der Waals surface area contributed by atoms with E-state index in [1.54, 1.807) is 25.1 Å². The van der Waals surface area contributed by atoms with Crippen LogP contribution in [-0.4, -0.2) is 37.8 Å². The van der Waals surface area contributed by atoms with Crippen LogP contribution in [0.4, 0.5) is 5.82 Å². The number of fused-ring (bicyclic) bond motifs is 3. The van der Waals surface area contributed by atoms with E-state index in [1.807, 2.05) is 0 Å². The molecule has 2 heterocycles. The van der Waals surface area contributed by atoms with E-state index < -0.39 is 6.10 Å². The number of H-pyrrole nitrogens is 1. The molecule has 0 aliphatic heterocycles. The van der Waals surface area contributed by atoms with Crippen LogP contribution in [0.2, 0.25) is 0 Å². The summed E-state index contributed by atoms with van der Waals surface area (Å²) < 4.78 is 0. The maximum atomic E-state index is 9.60. The number of nitrogens with zero attached hydrogens (tertiary/aromatic N) is 2. The topological polar surface area (TPSA) is 94.1 Å². The van der Waals surface area contributed by atoms with E-state index in [-0.39, 0.29) is 5.75 Å². The summed E-state index contributed by atoms with van der Waals surface area (Å²) in [6.45, 7) is 2.10. The van der Waals surface area contributed by atoms with E-state index in [2.05, 4.69) is 20.3 Å². The molecule has 0 spiro atoms. The number of aromatic hydroxyl groups is 1. The van der Waals surface area contributed by atoms with Crippen molar-refractivity contribution in [3.63, 3.8) is 0 Å². The Kier molecular flexibility index (Phi) is 2.72. The molecule has 1 aromatic carbocycles. The highest BCUT2D eigenvalue weighted by Gasteiger charge is 2.11. The van der Waals surface area contributed by atoms with Gasteiger partial charge in [0.2, 0.25) is 0 Å². The van der Waals surface area contributed by atoms with Crippen molar-refractivity contribution in [1.29, 1.82) is 0 Å². The molecule has 6 heteroatoms. The van der Waals surface area contributed by atoms with Crippen molar-refractivity contribution in [2.24, 2.45) is 0 Å². The third-order valence-electron chi connectivity index (χ3n) is 2.94. The SMILES string of the molecule is CC(O)CNc1ncnc2[nH]c3ccc(O)cc3c12. The first kappa shape index (κ1) is 11.7. The zero-order chi connectivity index (χ0) is 13.4.